The maximum absolute atomic E-state index is 13.2. The Kier molecular flexibility index (Phi) is 9.10. The van der Waals surface area contributed by atoms with Crippen molar-refractivity contribution < 1.29 is 9.53 Å². The van der Waals surface area contributed by atoms with Crippen LogP contribution in [-0.4, -0.2) is 66.2 Å². The van der Waals surface area contributed by atoms with Crippen LogP contribution in [0.5, 0.6) is 0 Å². The predicted molar refractivity (Wildman–Crippen MR) is 117 cm³/mol. The number of aryl methyl sites for hydroxylation is 1. The molecule has 9 heteroatoms. The molecular weight excluding hydrogens is 413 g/mol. The van der Waals surface area contributed by atoms with Gasteiger partial charge in [-0.2, -0.15) is 0 Å². The molecule has 1 saturated carbocycles. The van der Waals surface area contributed by atoms with Crippen LogP contribution in [0.4, 0.5) is 0 Å². The summed E-state index contributed by atoms with van der Waals surface area (Å²) in [5.41, 5.74) is 1.42. The molecule has 0 spiro atoms. The normalized spacial score (nSPS) is 29.7. The minimum absolute atomic E-state index is 0. The van der Waals surface area contributed by atoms with Crippen molar-refractivity contribution in [3.05, 3.63) is 23.8 Å². The summed E-state index contributed by atoms with van der Waals surface area (Å²) >= 11 is 0. The molecule has 3 heterocycles. The SMILES string of the molecule is Cc1cnc(CNC(=O)[C@@]23CC[C@@H](N4CCOCC4)C[C@H]2CCNC3)cn1.Cl.Cl. The summed E-state index contributed by atoms with van der Waals surface area (Å²) in [6, 6.07) is 0.598. The Hall–Kier alpha value is -0.990. The Morgan fingerprint density at radius 1 is 1.28 bits per heavy atom. The van der Waals surface area contributed by atoms with Crippen LogP contribution in [0.1, 0.15) is 37.1 Å². The molecule has 0 aromatic carbocycles. The number of fused-ring (bicyclic) bond motifs is 1. The molecule has 0 radical (unpaired) electrons. The van der Waals surface area contributed by atoms with E-state index in [0.29, 0.717) is 18.5 Å². The van der Waals surface area contributed by atoms with Gasteiger partial charge in [-0.1, -0.05) is 0 Å². The minimum Gasteiger partial charge on any atom is -0.379 e. The van der Waals surface area contributed by atoms with Gasteiger partial charge in [0.25, 0.3) is 0 Å². The summed E-state index contributed by atoms with van der Waals surface area (Å²) in [4.78, 5) is 24.5. The Morgan fingerprint density at radius 3 is 2.79 bits per heavy atom. The number of nitrogens with zero attached hydrogens (tertiary/aromatic N) is 3. The van der Waals surface area contributed by atoms with Crippen molar-refractivity contribution in [2.24, 2.45) is 11.3 Å². The first-order chi connectivity index (χ1) is 13.2. The number of amides is 1. The predicted octanol–water partition coefficient (Wildman–Crippen LogP) is 1.73. The number of piperidine rings is 1. The molecule has 1 amide bonds. The molecule has 164 valence electrons. The van der Waals surface area contributed by atoms with E-state index < -0.39 is 0 Å². The van der Waals surface area contributed by atoms with Gasteiger partial charge in [0.2, 0.25) is 5.91 Å². The zero-order chi connectivity index (χ0) is 18.7. The van der Waals surface area contributed by atoms with Gasteiger partial charge in [0.05, 0.1) is 42.8 Å². The first-order valence-electron chi connectivity index (χ1n) is 10.3. The van der Waals surface area contributed by atoms with Crippen LogP contribution in [0.3, 0.4) is 0 Å². The third-order valence-corrected chi connectivity index (χ3v) is 6.65. The van der Waals surface area contributed by atoms with Gasteiger partial charge in [-0.05, 0) is 45.1 Å². The van der Waals surface area contributed by atoms with Crippen LogP contribution in [-0.2, 0) is 16.1 Å². The molecule has 1 aromatic rings. The van der Waals surface area contributed by atoms with Crippen LogP contribution in [0.25, 0.3) is 0 Å². The first-order valence-corrected chi connectivity index (χ1v) is 10.3. The van der Waals surface area contributed by atoms with Crippen LogP contribution in [0.2, 0.25) is 0 Å². The van der Waals surface area contributed by atoms with Gasteiger partial charge in [0.15, 0.2) is 0 Å². The monoisotopic (exact) mass is 445 g/mol. The van der Waals surface area contributed by atoms with E-state index in [-0.39, 0.29) is 36.1 Å². The zero-order valence-electron chi connectivity index (χ0n) is 17.1. The second-order valence-electron chi connectivity index (χ2n) is 8.23. The summed E-state index contributed by atoms with van der Waals surface area (Å²) < 4.78 is 5.51. The fourth-order valence-corrected chi connectivity index (χ4v) is 5.03. The van der Waals surface area contributed by atoms with Crippen molar-refractivity contribution in [3.8, 4) is 0 Å². The standard InChI is InChI=1S/C20H31N5O2.2ClH/c1-15-11-23-17(12-22-15)13-24-19(26)20-4-2-18(25-6-8-27-9-7-25)10-16(20)3-5-21-14-20;;/h11-12,16,18,21H,2-10,13-14H2,1H3,(H,24,26);2*1H/t16-,18-,20-;;/m1../s1. The molecule has 2 aliphatic heterocycles. The average Bonchev–Trinajstić information content (AvgIpc) is 2.73. The van der Waals surface area contributed by atoms with E-state index in [4.69, 9.17) is 4.74 Å². The second-order valence-corrected chi connectivity index (χ2v) is 8.23. The molecular formula is C20H33Cl2N5O2. The third kappa shape index (κ3) is 5.39. The molecule has 3 fully saturated rings. The molecule has 0 unspecified atom stereocenters. The van der Waals surface area contributed by atoms with E-state index in [1.807, 2.05) is 6.92 Å². The molecule has 0 bridgehead atoms. The maximum atomic E-state index is 13.2. The van der Waals surface area contributed by atoms with E-state index in [9.17, 15) is 4.79 Å². The quantitative estimate of drug-likeness (QED) is 0.734. The molecule has 1 aromatic heterocycles. The van der Waals surface area contributed by atoms with Gasteiger partial charge < -0.3 is 15.4 Å². The highest BCUT2D eigenvalue weighted by molar-refractivity contribution is 5.85. The number of halogens is 2. The van der Waals surface area contributed by atoms with Crippen molar-refractivity contribution in [1.82, 2.24) is 25.5 Å². The summed E-state index contributed by atoms with van der Waals surface area (Å²) in [7, 11) is 0. The molecule has 3 atom stereocenters. The summed E-state index contributed by atoms with van der Waals surface area (Å²) in [5, 5.41) is 6.64. The number of carbonyl (C=O) groups excluding carboxylic acids is 1. The zero-order valence-corrected chi connectivity index (χ0v) is 18.7. The van der Waals surface area contributed by atoms with Crippen molar-refractivity contribution >= 4 is 30.7 Å². The van der Waals surface area contributed by atoms with Crippen molar-refractivity contribution in [2.45, 2.75) is 45.2 Å². The fraction of sp³-hybridized carbons (Fsp3) is 0.750. The Balaban J connectivity index is 0.00000150. The van der Waals surface area contributed by atoms with Gasteiger partial charge in [-0.15, -0.1) is 24.8 Å². The molecule has 2 N–H and O–H groups in total. The summed E-state index contributed by atoms with van der Waals surface area (Å²) in [5.74, 6) is 0.631. The summed E-state index contributed by atoms with van der Waals surface area (Å²) in [6.07, 6.45) is 7.75. The Bertz CT molecular complexity index is 657. The van der Waals surface area contributed by atoms with Gasteiger partial charge in [-0.25, -0.2) is 0 Å². The largest absolute Gasteiger partial charge is 0.379 e. The number of hydrogen-bond donors (Lipinski definition) is 2. The van der Waals surface area contributed by atoms with Crippen LogP contribution in [0, 0.1) is 18.3 Å². The van der Waals surface area contributed by atoms with Gasteiger partial charge in [0, 0.05) is 31.9 Å². The van der Waals surface area contributed by atoms with Crippen LogP contribution >= 0.6 is 24.8 Å². The molecule has 7 nitrogen and oxygen atoms in total. The molecule has 3 aliphatic rings. The molecule has 4 rings (SSSR count). The number of aromatic nitrogens is 2. The van der Waals surface area contributed by atoms with E-state index in [1.54, 1.807) is 12.4 Å². The smallest absolute Gasteiger partial charge is 0.228 e. The lowest BCUT2D eigenvalue weighted by atomic mass is 9.61. The maximum Gasteiger partial charge on any atom is 0.228 e. The molecule has 1 aliphatic carbocycles. The van der Waals surface area contributed by atoms with E-state index >= 15 is 0 Å². The third-order valence-electron chi connectivity index (χ3n) is 6.65. The lowest BCUT2D eigenvalue weighted by molar-refractivity contribution is -0.140. The van der Waals surface area contributed by atoms with Gasteiger partial charge >= 0.3 is 0 Å². The number of nitrogens with one attached hydrogen (secondary N) is 2. The van der Waals surface area contributed by atoms with Crippen molar-refractivity contribution in [1.29, 1.82) is 0 Å². The minimum atomic E-state index is -0.279. The second kappa shape index (κ2) is 10.9. The lowest BCUT2D eigenvalue weighted by Crippen LogP contribution is -2.60. The van der Waals surface area contributed by atoms with Crippen molar-refractivity contribution in [3.63, 3.8) is 0 Å². The van der Waals surface area contributed by atoms with E-state index in [0.717, 1.165) is 76.5 Å². The van der Waals surface area contributed by atoms with E-state index in [2.05, 4.69) is 25.5 Å². The molecule has 2 saturated heterocycles. The number of hydrogen-bond acceptors (Lipinski definition) is 6. The highest BCUT2D eigenvalue weighted by Gasteiger charge is 2.50. The van der Waals surface area contributed by atoms with Crippen molar-refractivity contribution in [2.75, 3.05) is 39.4 Å². The number of morpholine rings is 1. The van der Waals surface area contributed by atoms with Crippen LogP contribution in [0.15, 0.2) is 12.4 Å². The number of carbonyl (C=O) groups is 1. The number of rotatable bonds is 4. The first kappa shape index (κ1) is 24.3. The fourth-order valence-electron chi connectivity index (χ4n) is 5.03. The molecule has 29 heavy (non-hydrogen) atoms. The van der Waals surface area contributed by atoms with Crippen LogP contribution < -0.4 is 10.6 Å². The Labute approximate surface area is 185 Å². The van der Waals surface area contributed by atoms with Gasteiger partial charge in [-0.3, -0.25) is 19.7 Å². The lowest BCUT2D eigenvalue weighted by Gasteiger charge is -2.50. The average molecular weight is 446 g/mol. The number of ether oxygens (including phenoxy) is 1. The van der Waals surface area contributed by atoms with Gasteiger partial charge in [0.1, 0.15) is 0 Å². The summed E-state index contributed by atoms with van der Waals surface area (Å²) in [6.45, 7) is 7.91. The van der Waals surface area contributed by atoms with E-state index in [1.165, 1.54) is 0 Å². The topological polar surface area (TPSA) is 79.4 Å². The Morgan fingerprint density at radius 2 is 2.07 bits per heavy atom. The highest BCUT2D eigenvalue weighted by atomic mass is 35.5. The highest BCUT2D eigenvalue weighted by Crippen LogP contribution is 2.46.